The predicted octanol–water partition coefficient (Wildman–Crippen LogP) is 5.86. The summed E-state index contributed by atoms with van der Waals surface area (Å²) in [5, 5.41) is 3.40. The van der Waals surface area contributed by atoms with E-state index in [1.807, 2.05) is 18.4 Å². The van der Waals surface area contributed by atoms with Crippen molar-refractivity contribution in [1.29, 1.82) is 0 Å². The van der Waals surface area contributed by atoms with Gasteiger partial charge < -0.3 is 9.47 Å². The Morgan fingerprint density at radius 1 is 1.15 bits per heavy atom. The van der Waals surface area contributed by atoms with E-state index in [1.165, 1.54) is 0 Å². The standard InChI is InChI=1S/C14H13BrCl2O2S/c1-7-6-20-14(13(7)17)12(15)8-4-10(18-2)11(19-3)5-9(8)16/h4-6,12H,1-3H3. The summed E-state index contributed by atoms with van der Waals surface area (Å²) in [6.45, 7) is 1.98. The molecule has 6 heteroatoms. The molecule has 0 fully saturated rings. The lowest BCUT2D eigenvalue weighted by atomic mass is 10.1. The third-order valence-corrected chi connectivity index (χ3v) is 6.29. The highest BCUT2D eigenvalue weighted by Crippen LogP contribution is 2.45. The van der Waals surface area contributed by atoms with Crippen molar-refractivity contribution in [3.8, 4) is 11.5 Å². The quantitative estimate of drug-likeness (QED) is 0.603. The van der Waals surface area contributed by atoms with Gasteiger partial charge in [-0.2, -0.15) is 0 Å². The number of hydrogen-bond acceptors (Lipinski definition) is 3. The van der Waals surface area contributed by atoms with Gasteiger partial charge in [-0.3, -0.25) is 0 Å². The fourth-order valence-corrected chi connectivity index (χ4v) is 4.58. The summed E-state index contributed by atoms with van der Waals surface area (Å²) in [6.07, 6.45) is 0. The molecule has 0 bridgehead atoms. The third-order valence-electron chi connectivity index (χ3n) is 2.93. The number of thiophene rings is 1. The van der Waals surface area contributed by atoms with Crippen molar-refractivity contribution in [2.75, 3.05) is 14.2 Å². The highest BCUT2D eigenvalue weighted by molar-refractivity contribution is 9.09. The van der Waals surface area contributed by atoms with Crippen LogP contribution in [-0.4, -0.2) is 14.2 Å². The molecule has 2 aromatic rings. The Morgan fingerprint density at radius 2 is 1.75 bits per heavy atom. The number of ether oxygens (including phenoxy) is 2. The number of halogens is 3. The molecule has 20 heavy (non-hydrogen) atoms. The zero-order valence-electron chi connectivity index (χ0n) is 11.2. The van der Waals surface area contributed by atoms with Crippen molar-refractivity contribution in [3.05, 3.63) is 43.6 Å². The van der Waals surface area contributed by atoms with Crippen LogP contribution in [0, 0.1) is 6.92 Å². The second-order valence-electron chi connectivity index (χ2n) is 4.19. The van der Waals surface area contributed by atoms with Crippen LogP contribution < -0.4 is 9.47 Å². The summed E-state index contributed by atoms with van der Waals surface area (Å²) >= 11 is 17.9. The smallest absolute Gasteiger partial charge is 0.162 e. The summed E-state index contributed by atoms with van der Waals surface area (Å²) in [4.78, 5) is 0.944. The number of benzene rings is 1. The Hall–Kier alpha value is -0.420. The molecule has 0 spiro atoms. The minimum atomic E-state index is -0.0824. The van der Waals surface area contributed by atoms with Crippen molar-refractivity contribution >= 4 is 50.5 Å². The lowest BCUT2D eigenvalue weighted by Crippen LogP contribution is -1.97. The molecular formula is C14H13BrCl2O2S. The summed E-state index contributed by atoms with van der Waals surface area (Å²) < 4.78 is 10.6. The van der Waals surface area contributed by atoms with E-state index in [1.54, 1.807) is 31.6 Å². The van der Waals surface area contributed by atoms with Gasteiger partial charge in [0.1, 0.15) is 0 Å². The van der Waals surface area contributed by atoms with E-state index >= 15 is 0 Å². The van der Waals surface area contributed by atoms with Gasteiger partial charge in [0, 0.05) is 16.0 Å². The molecule has 2 nitrogen and oxygen atoms in total. The van der Waals surface area contributed by atoms with Crippen LogP contribution in [0.15, 0.2) is 17.5 Å². The van der Waals surface area contributed by atoms with Crippen LogP contribution in [0.1, 0.15) is 20.8 Å². The Morgan fingerprint density at radius 3 is 2.25 bits per heavy atom. The summed E-state index contributed by atoms with van der Waals surface area (Å²) in [5.74, 6) is 1.25. The predicted molar refractivity (Wildman–Crippen MR) is 89.4 cm³/mol. The average molecular weight is 396 g/mol. The van der Waals surface area contributed by atoms with Gasteiger partial charge >= 0.3 is 0 Å². The Balaban J connectivity index is 2.49. The Kier molecular flexibility index (Phi) is 5.24. The summed E-state index contributed by atoms with van der Waals surface area (Å²) in [6, 6.07) is 3.62. The largest absolute Gasteiger partial charge is 0.493 e. The molecule has 108 valence electrons. The van der Waals surface area contributed by atoms with Crippen LogP contribution in [0.3, 0.4) is 0 Å². The number of methoxy groups -OCH3 is 2. The minimum Gasteiger partial charge on any atom is -0.493 e. The van der Waals surface area contributed by atoms with Gasteiger partial charge in [0.2, 0.25) is 0 Å². The maximum atomic E-state index is 6.34. The van der Waals surface area contributed by atoms with E-state index in [4.69, 9.17) is 32.7 Å². The fourth-order valence-electron chi connectivity index (χ4n) is 1.83. The summed E-state index contributed by atoms with van der Waals surface area (Å²) in [5.41, 5.74) is 1.96. The van der Waals surface area contributed by atoms with E-state index in [2.05, 4.69) is 15.9 Å². The highest BCUT2D eigenvalue weighted by Gasteiger charge is 2.21. The van der Waals surface area contributed by atoms with Crippen LogP contribution >= 0.6 is 50.5 Å². The number of aryl methyl sites for hydroxylation is 1. The average Bonchev–Trinajstić information content (AvgIpc) is 2.78. The molecule has 1 unspecified atom stereocenters. The molecule has 0 aliphatic rings. The molecule has 0 radical (unpaired) electrons. The van der Waals surface area contributed by atoms with E-state index in [-0.39, 0.29) is 4.83 Å². The Labute approximate surface area is 140 Å². The number of alkyl halides is 1. The van der Waals surface area contributed by atoms with Gasteiger partial charge in [-0.25, -0.2) is 0 Å². The van der Waals surface area contributed by atoms with Crippen molar-refractivity contribution in [2.45, 2.75) is 11.8 Å². The minimum absolute atomic E-state index is 0.0824. The highest BCUT2D eigenvalue weighted by atomic mass is 79.9. The summed E-state index contributed by atoms with van der Waals surface area (Å²) in [7, 11) is 3.18. The first-order valence-electron chi connectivity index (χ1n) is 5.78. The van der Waals surface area contributed by atoms with Crippen LogP contribution in [0.5, 0.6) is 11.5 Å². The monoisotopic (exact) mass is 394 g/mol. The second kappa shape index (κ2) is 6.56. The maximum absolute atomic E-state index is 6.34. The molecule has 0 N–H and O–H groups in total. The molecule has 0 saturated carbocycles. The molecule has 1 aromatic carbocycles. The molecule has 1 aromatic heterocycles. The van der Waals surface area contributed by atoms with Gasteiger partial charge in [0.05, 0.1) is 24.1 Å². The number of rotatable bonds is 4. The lowest BCUT2D eigenvalue weighted by molar-refractivity contribution is 0.354. The van der Waals surface area contributed by atoms with E-state index in [9.17, 15) is 0 Å². The van der Waals surface area contributed by atoms with Crippen LogP contribution in [-0.2, 0) is 0 Å². The van der Waals surface area contributed by atoms with Crippen LogP contribution in [0.25, 0.3) is 0 Å². The normalized spacial score (nSPS) is 12.3. The molecule has 1 atom stereocenters. The first-order chi connectivity index (χ1) is 9.49. The van der Waals surface area contributed by atoms with E-state index < -0.39 is 0 Å². The first kappa shape index (κ1) is 16.0. The molecule has 0 saturated heterocycles. The van der Waals surface area contributed by atoms with Gasteiger partial charge in [-0.15, -0.1) is 11.3 Å². The first-order valence-corrected chi connectivity index (χ1v) is 8.33. The molecule has 0 aliphatic carbocycles. The van der Waals surface area contributed by atoms with E-state index in [0.717, 1.165) is 21.0 Å². The SMILES string of the molecule is COc1cc(Cl)c(C(Br)c2scc(C)c2Cl)cc1OC. The van der Waals surface area contributed by atoms with Crippen molar-refractivity contribution in [3.63, 3.8) is 0 Å². The van der Waals surface area contributed by atoms with Crippen molar-refractivity contribution < 1.29 is 9.47 Å². The van der Waals surface area contributed by atoms with E-state index in [0.29, 0.717) is 16.5 Å². The van der Waals surface area contributed by atoms with Gasteiger partial charge in [-0.1, -0.05) is 39.1 Å². The molecule has 1 heterocycles. The lowest BCUT2D eigenvalue weighted by Gasteiger charge is -2.15. The zero-order chi connectivity index (χ0) is 14.9. The number of hydrogen-bond donors (Lipinski definition) is 0. The molecule has 0 aliphatic heterocycles. The van der Waals surface area contributed by atoms with Crippen molar-refractivity contribution in [2.24, 2.45) is 0 Å². The zero-order valence-corrected chi connectivity index (χ0v) is 15.1. The Bertz CT molecular complexity index is 628. The molecule has 2 rings (SSSR count). The maximum Gasteiger partial charge on any atom is 0.162 e. The van der Waals surface area contributed by atoms with Gasteiger partial charge in [0.25, 0.3) is 0 Å². The second-order valence-corrected chi connectivity index (χ2v) is 6.80. The van der Waals surface area contributed by atoms with Crippen LogP contribution in [0.2, 0.25) is 10.0 Å². The molecule has 0 amide bonds. The van der Waals surface area contributed by atoms with Gasteiger partial charge in [0.15, 0.2) is 11.5 Å². The fraction of sp³-hybridized carbons (Fsp3) is 0.286. The molecular weight excluding hydrogens is 383 g/mol. The van der Waals surface area contributed by atoms with Crippen LogP contribution in [0.4, 0.5) is 0 Å². The topological polar surface area (TPSA) is 18.5 Å². The van der Waals surface area contributed by atoms with Crippen molar-refractivity contribution in [1.82, 2.24) is 0 Å². The third kappa shape index (κ3) is 2.93. The van der Waals surface area contributed by atoms with Gasteiger partial charge in [-0.05, 0) is 29.5 Å².